The first-order valence-corrected chi connectivity index (χ1v) is 10.4. The molecule has 26 heavy (non-hydrogen) atoms. The Hall–Kier alpha value is -1.65. The standard InChI is InChI=1S/C21H26ClNO2S/c1-4-19(25-20-7-5-6-15(2)16(20)3)21(24)23-12-13-26-14-17-8-10-18(22)11-9-17/h5-11,19H,4,12-14H2,1-3H3,(H,23,24)/t19-/m0/s1. The van der Waals surface area contributed by atoms with Gasteiger partial charge in [-0.3, -0.25) is 4.79 Å². The zero-order valence-corrected chi connectivity index (χ0v) is 17.1. The molecule has 1 N–H and O–H groups in total. The molecule has 0 heterocycles. The second kappa shape index (κ2) is 10.5. The molecule has 0 aromatic heterocycles. The zero-order valence-electron chi connectivity index (χ0n) is 15.5. The summed E-state index contributed by atoms with van der Waals surface area (Å²) in [6, 6.07) is 13.8. The Morgan fingerprint density at radius 2 is 1.92 bits per heavy atom. The van der Waals surface area contributed by atoms with E-state index in [1.165, 1.54) is 5.56 Å². The lowest BCUT2D eigenvalue weighted by atomic mass is 10.1. The summed E-state index contributed by atoms with van der Waals surface area (Å²) in [5.74, 6) is 2.49. The fraction of sp³-hybridized carbons (Fsp3) is 0.381. The second-order valence-electron chi connectivity index (χ2n) is 6.18. The SMILES string of the molecule is CC[C@H](Oc1cccc(C)c1C)C(=O)NCCSCc1ccc(Cl)cc1. The third-order valence-electron chi connectivity index (χ3n) is 4.21. The first-order chi connectivity index (χ1) is 12.5. The van der Waals surface area contributed by atoms with Crippen molar-refractivity contribution in [2.45, 2.75) is 39.0 Å². The van der Waals surface area contributed by atoms with Gasteiger partial charge in [-0.2, -0.15) is 11.8 Å². The number of amides is 1. The molecule has 0 fully saturated rings. The third-order valence-corrected chi connectivity index (χ3v) is 5.50. The summed E-state index contributed by atoms with van der Waals surface area (Å²) in [6.07, 6.45) is 0.175. The molecular weight excluding hydrogens is 366 g/mol. The van der Waals surface area contributed by atoms with Crippen LogP contribution in [0.4, 0.5) is 0 Å². The number of nitrogens with one attached hydrogen (secondary N) is 1. The summed E-state index contributed by atoms with van der Waals surface area (Å²) in [7, 11) is 0. The van der Waals surface area contributed by atoms with Gasteiger partial charge in [-0.1, -0.05) is 42.8 Å². The minimum Gasteiger partial charge on any atom is -0.480 e. The number of aryl methyl sites for hydroxylation is 1. The maximum absolute atomic E-state index is 12.4. The number of benzene rings is 2. The lowest BCUT2D eigenvalue weighted by Gasteiger charge is -2.19. The lowest BCUT2D eigenvalue weighted by Crippen LogP contribution is -2.39. The van der Waals surface area contributed by atoms with Gasteiger partial charge in [0.2, 0.25) is 0 Å². The number of carbonyl (C=O) groups excluding carboxylic acids is 1. The van der Waals surface area contributed by atoms with Gasteiger partial charge < -0.3 is 10.1 Å². The molecule has 0 radical (unpaired) electrons. The van der Waals surface area contributed by atoms with Crippen molar-refractivity contribution in [1.82, 2.24) is 5.32 Å². The van der Waals surface area contributed by atoms with Crippen LogP contribution in [-0.2, 0) is 10.5 Å². The molecule has 2 aromatic carbocycles. The predicted octanol–water partition coefficient (Wildman–Crippen LogP) is 5.16. The number of rotatable bonds is 9. The van der Waals surface area contributed by atoms with Crippen LogP contribution in [-0.4, -0.2) is 24.3 Å². The van der Waals surface area contributed by atoms with Crippen molar-refractivity contribution in [2.24, 2.45) is 0 Å². The fourth-order valence-corrected chi connectivity index (χ4v) is 3.40. The van der Waals surface area contributed by atoms with Crippen LogP contribution in [0.25, 0.3) is 0 Å². The Balaban J connectivity index is 1.74. The van der Waals surface area contributed by atoms with E-state index in [1.807, 2.05) is 63.2 Å². The predicted molar refractivity (Wildman–Crippen MR) is 111 cm³/mol. The molecule has 2 aromatic rings. The van der Waals surface area contributed by atoms with Crippen molar-refractivity contribution in [3.8, 4) is 5.75 Å². The topological polar surface area (TPSA) is 38.3 Å². The van der Waals surface area contributed by atoms with Gasteiger partial charge in [-0.25, -0.2) is 0 Å². The third kappa shape index (κ3) is 6.26. The Morgan fingerprint density at radius 1 is 1.19 bits per heavy atom. The Labute approximate surface area is 165 Å². The highest BCUT2D eigenvalue weighted by Crippen LogP contribution is 2.22. The van der Waals surface area contributed by atoms with E-state index in [9.17, 15) is 4.79 Å². The van der Waals surface area contributed by atoms with Gasteiger partial charge in [-0.15, -0.1) is 0 Å². The number of hydrogen-bond acceptors (Lipinski definition) is 3. The van der Waals surface area contributed by atoms with E-state index in [1.54, 1.807) is 11.8 Å². The summed E-state index contributed by atoms with van der Waals surface area (Å²) >= 11 is 7.67. The lowest BCUT2D eigenvalue weighted by molar-refractivity contribution is -0.128. The van der Waals surface area contributed by atoms with Gasteiger partial charge in [0, 0.05) is 23.1 Å². The summed E-state index contributed by atoms with van der Waals surface area (Å²) in [5.41, 5.74) is 3.48. The van der Waals surface area contributed by atoms with Crippen LogP contribution in [0.5, 0.6) is 5.75 Å². The quantitative estimate of drug-likeness (QED) is 0.599. The number of carbonyl (C=O) groups is 1. The first kappa shape index (κ1) is 20.7. The molecule has 2 rings (SSSR count). The molecule has 3 nitrogen and oxygen atoms in total. The van der Waals surface area contributed by atoms with Gasteiger partial charge in [-0.05, 0) is 55.2 Å². The number of ether oxygens (including phenoxy) is 1. The molecule has 0 saturated heterocycles. The van der Waals surface area contributed by atoms with Gasteiger partial charge in [0.1, 0.15) is 5.75 Å². The number of halogens is 1. The first-order valence-electron chi connectivity index (χ1n) is 8.84. The average molecular weight is 392 g/mol. The normalized spacial score (nSPS) is 11.8. The minimum atomic E-state index is -0.461. The highest BCUT2D eigenvalue weighted by Gasteiger charge is 2.18. The van der Waals surface area contributed by atoms with Crippen LogP contribution >= 0.6 is 23.4 Å². The second-order valence-corrected chi connectivity index (χ2v) is 7.72. The van der Waals surface area contributed by atoms with Crippen molar-refractivity contribution in [1.29, 1.82) is 0 Å². The van der Waals surface area contributed by atoms with Crippen LogP contribution < -0.4 is 10.1 Å². The molecule has 0 unspecified atom stereocenters. The molecule has 0 aliphatic rings. The summed E-state index contributed by atoms with van der Waals surface area (Å²) < 4.78 is 5.94. The molecule has 0 bridgehead atoms. The maximum atomic E-state index is 12.4. The van der Waals surface area contributed by atoms with Crippen molar-refractivity contribution in [3.05, 3.63) is 64.2 Å². The van der Waals surface area contributed by atoms with Crippen molar-refractivity contribution < 1.29 is 9.53 Å². The zero-order chi connectivity index (χ0) is 18.9. The van der Waals surface area contributed by atoms with E-state index in [0.717, 1.165) is 33.4 Å². The van der Waals surface area contributed by atoms with E-state index in [2.05, 4.69) is 5.32 Å². The van der Waals surface area contributed by atoms with Crippen LogP contribution in [0, 0.1) is 13.8 Å². The molecular formula is C21H26ClNO2S. The van der Waals surface area contributed by atoms with Crippen LogP contribution in [0.1, 0.15) is 30.0 Å². The minimum absolute atomic E-state index is 0.0551. The van der Waals surface area contributed by atoms with Crippen molar-refractivity contribution in [2.75, 3.05) is 12.3 Å². The van der Waals surface area contributed by atoms with E-state index >= 15 is 0 Å². The summed E-state index contributed by atoms with van der Waals surface area (Å²) in [5, 5.41) is 3.73. The highest BCUT2D eigenvalue weighted by atomic mass is 35.5. The van der Waals surface area contributed by atoms with Crippen LogP contribution in [0.3, 0.4) is 0 Å². The monoisotopic (exact) mass is 391 g/mol. The maximum Gasteiger partial charge on any atom is 0.261 e. The molecule has 0 aliphatic carbocycles. The molecule has 1 atom stereocenters. The Bertz CT molecular complexity index is 718. The van der Waals surface area contributed by atoms with Crippen molar-refractivity contribution in [3.63, 3.8) is 0 Å². The van der Waals surface area contributed by atoms with Gasteiger partial charge >= 0.3 is 0 Å². The summed E-state index contributed by atoms with van der Waals surface area (Å²) in [4.78, 5) is 12.4. The molecule has 140 valence electrons. The number of hydrogen-bond donors (Lipinski definition) is 1. The molecule has 0 saturated carbocycles. The molecule has 0 aliphatic heterocycles. The van der Waals surface area contributed by atoms with E-state index < -0.39 is 6.10 Å². The Kier molecular flexibility index (Phi) is 8.33. The van der Waals surface area contributed by atoms with Gasteiger partial charge in [0.05, 0.1) is 0 Å². The largest absolute Gasteiger partial charge is 0.480 e. The fourth-order valence-electron chi connectivity index (χ4n) is 2.46. The Morgan fingerprint density at radius 3 is 2.62 bits per heavy atom. The summed E-state index contributed by atoms with van der Waals surface area (Å²) in [6.45, 7) is 6.65. The van der Waals surface area contributed by atoms with Crippen LogP contribution in [0.2, 0.25) is 5.02 Å². The molecule has 5 heteroatoms. The highest BCUT2D eigenvalue weighted by molar-refractivity contribution is 7.98. The molecule has 0 spiro atoms. The molecule has 1 amide bonds. The number of thioether (sulfide) groups is 1. The van der Waals surface area contributed by atoms with Crippen molar-refractivity contribution >= 4 is 29.3 Å². The van der Waals surface area contributed by atoms with E-state index in [0.29, 0.717) is 13.0 Å². The smallest absolute Gasteiger partial charge is 0.261 e. The average Bonchev–Trinajstić information content (AvgIpc) is 2.64. The van der Waals surface area contributed by atoms with E-state index in [4.69, 9.17) is 16.3 Å². The van der Waals surface area contributed by atoms with Gasteiger partial charge in [0.15, 0.2) is 6.10 Å². The van der Waals surface area contributed by atoms with E-state index in [-0.39, 0.29) is 5.91 Å². The van der Waals surface area contributed by atoms with Crippen LogP contribution in [0.15, 0.2) is 42.5 Å². The van der Waals surface area contributed by atoms with Gasteiger partial charge in [0.25, 0.3) is 5.91 Å².